The molecule has 1 unspecified atom stereocenters. The summed E-state index contributed by atoms with van der Waals surface area (Å²) in [5.74, 6) is 6.01. The van der Waals surface area contributed by atoms with Gasteiger partial charge in [-0.15, -0.1) is 0 Å². The smallest absolute Gasteiger partial charge is 0.128 e. The van der Waals surface area contributed by atoms with Gasteiger partial charge in [-0.3, -0.25) is 5.84 Å². The largest absolute Gasteiger partial charge is 0.383 e. The Morgan fingerprint density at radius 2 is 1.94 bits per heavy atom. The van der Waals surface area contributed by atoms with Gasteiger partial charge in [-0.25, -0.2) is 10.4 Å². The number of aromatic nitrogens is 1. The molecule has 0 aliphatic carbocycles. The third kappa shape index (κ3) is 2.57. The maximum atomic E-state index is 5.99. The Bertz CT molecular complexity index is 560. The number of pyridine rings is 1. The highest BCUT2D eigenvalue weighted by molar-refractivity contribution is 6.42. The van der Waals surface area contributed by atoms with Gasteiger partial charge in [-0.05, 0) is 23.8 Å². The van der Waals surface area contributed by atoms with E-state index < -0.39 is 0 Å². The molecule has 94 valence electrons. The van der Waals surface area contributed by atoms with Crippen LogP contribution < -0.4 is 17.0 Å². The number of hydrazine groups is 1. The summed E-state index contributed by atoms with van der Waals surface area (Å²) in [7, 11) is 0. The van der Waals surface area contributed by atoms with E-state index in [4.69, 9.17) is 34.8 Å². The normalized spacial score (nSPS) is 12.4. The fourth-order valence-electron chi connectivity index (χ4n) is 1.73. The first-order valence-electron chi connectivity index (χ1n) is 5.25. The molecular formula is C12H12Cl2N4. The zero-order valence-corrected chi connectivity index (χ0v) is 10.9. The lowest BCUT2D eigenvalue weighted by Gasteiger charge is -2.18. The van der Waals surface area contributed by atoms with Gasteiger partial charge in [0, 0.05) is 11.8 Å². The SMILES string of the molecule is NNC(c1ccc(Cl)c(Cl)c1)c1cccnc1N. The van der Waals surface area contributed by atoms with Crippen LogP contribution in [0.4, 0.5) is 5.82 Å². The van der Waals surface area contributed by atoms with Crippen molar-refractivity contribution in [2.45, 2.75) is 6.04 Å². The summed E-state index contributed by atoms with van der Waals surface area (Å²) in [5.41, 5.74) is 10.2. The van der Waals surface area contributed by atoms with E-state index in [2.05, 4.69) is 10.4 Å². The summed E-state index contributed by atoms with van der Waals surface area (Å²) in [6, 6.07) is 8.68. The lowest BCUT2D eigenvalue weighted by atomic mass is 10.00. The monoisotopic (exact) mass is 282 g/mol. The first-order valence-corrected chi connectivity index (χ1v) is 6.00. The Morgan fingerprint density at radius 3 is 2.56 bits per heavy atom. The molecule has 0 spiro atoms. The molecule has 1 aromatic heterocycles. The van der Waals surface area contributed by atoms with Crippen LogP contribution in [0.3, 0.4) is 0 Å². The molecule has 6 heteroatoms. The zero-order valence-electron chi connectivity index (χ0n) is 9.40. The van der Waals surface area contributed by atoms with Crippen molar-refractivity contribution in [2.75, 3.05) is 5.73 Å². The maximum Gasteiger partial charge on any atom is 0.128 e. The number of nitrogens with two attached hydrogens (primary N) is 2. The second-order valence-electron chi connectivity index (χ2n) is 3.75. The Labute approximate surface area is 115 Å². The van der Waals surface area contributed by atoms with Crippen LogP contribution in [0.15, 0.2) is 36.5 Å². The van der Waals surface area contributed by atoms with Crippen molar-refractivity contribution in [3.05, 3.63) is 57.7 Å². The van der Waals surface area contributed by atoms with Crippen molar-refractivity contribution in [1.82, 2.24) is 10.4 Å². The summed E-state index contributed by atoms with van der Waals surface area (Å²) in [4.78, 5) is 4.04. The molecule has 0 saturated carbocycles. The number of halogens is 2. The maximum absolute atomic E-state index is 5.99. The van der Waals surface area contributed by atoms with Gasteiger partial charge in [-0.1, -0.05) is 35.3 Å². The van der Waals surface area contributed by atoms with Crippen LogP contribution in [-0.4, -0.2) is 4.98 Å². The number of nitrogen functional groups attached to an aromatic ring is 1. The van der Waals surface area contributed by atoms with E-state index in [0.717, 1.165) is 11.1 Å². The summed E-state index contributed by atoms with van der Waals surface area (Å²) in [6.07, 6.45) is 1.63. The molecule has 0 aliphatic heterocycles. The Hall–Kier alpha value is -1.33. The highest BCUT2D eigenvalue weighted by Gasteiger charge is 2.16. The molecule has 1 heterocycles. The minimum atomic E-state index is -0.284. The van der Waals surface area contributed by atoms with E-state index in [1.807, 2.05) is 12.1 Å². The Morgan fingerprint density at radius 1 is 1.17 bits per heavy atom. The number of hydrogen-bond donors (Lipinski definition) is 3. The lowest BCUT2D eigenvalue weighted by molar-refractivity contribution is 0.637. The number of rotatable bonds is 3. The van der Waals surface area contributed by atoms with Gasteiger partial charge in [0.15, 0.2) is 0 Å². The van der Waals surface area contributed by atoms with E-state index in [-0.39, 0.29) is 6.04 Å². The molecule has 2 aromatic rings. The van der Waals surface area contributed by atoms with E-state index in [1.54, 1.807) is 24.4 Å². The van der Waals surface area contributed by atoms with Crippen LogP contribution >= 0.6 is 23.2 Å². The number of benzene rings is 1. The summed E-state index contributed by atoms with van der Waals surface area (Å²) >= 11 is 11.9. The van der Waals surface area contributed by atoms with Crippen LogP contribution in [0.1, 0.15) is 17.2 Å². The number of nitrogens with one attached hydrogen (secondary N) is 1. The first-order chi connectivity index (χ1) is 8.63. The third-order valence-corrected chi connectivity index (χ3v) is 3.36. The second kappa shape index (κ2) is 5.54. The molecule has 5 N–H and O–H groups in total. The van der Waals surface area contributed by atoms with Gasteiger partial charge in [-0.2, -0.15) is 0 Å². The van der Waals surface area contributed by atoms with E-state index in [9.17, 15) is 0 Å². The molecule has 1 atom stereocenters. The quantitative estimate of drug-likeness (QED) is 0.597. The molecule has 2 rings (SSSR count). The van der Waals surface area contributed by atoms with Gasteiger partial charge in [0.05, 0.1) is 16.1 Å². The molecule has 1 aromatic carbocycles. The molecule has 0 bridgehead atoms. The molecule has 0 aliphatic rings. The van der Waals surface area contributed by atoms with E-state index >= 15 is 0 Å². The van der Waals surface area contributed by atoms with Gasteiger partial charge < -0.3 is 5.73 Å². The average Bonchev–Trinajstić information content (AvgIpc) is 2.37. The van der Waals surface area contributed by atoms with Crippen LogP contribution in [0.5, 0.6) is 0 Å². The van der Waals surface area contributed by atoms with Gasteiger partial charge in [0.25, 0.3) is 0 Å². The topological polar surface area (TPSA) is 77.0 Å². The highest BCUT2D eigenvalue weighted by Crippen LogP contribution is 2.29. The van der Waals surface area contributed by atoms with Crippen molar-refractivity contribution in [3.63, 3.8) is 0 Å². The van der Waals surface area contributed by atoms with Crippen molar-refractivity contribution in [1.29, 1.82) is 0 Å². The lowest BCUT2D eigenvalue weighted by Crippen LogP contribution is -2.29. The van der Waals surface area contributed by atoms with E-state index in [1.165, 1.54) is 0 Å². The summed E-state index contributed by atoms with van der Waals surface area (Å²) in [6.45, 7) is 0. The predicted octanol–water partition coefficient (Wildman–Crippen LogP) is 2.52. The highest BCUT2D eigenvalue weighted by atomic mass is 35.5. The average molecular weight is 283 g/mol. The minimum absolute atomic E-state index is 0.284. The third-order valence-electron chi connectivity index (χ3n) is 2.63. The number of anilines is 1. The summed E-state index contributed by atoms with van der Waals surface area (Å²) < 4.78 is 0. The van der Waals surface area contributed by atoms with Crippen molar-refractivity contribution in [3.8, 4) is 0 Å². The van der Waals surface area contributed by atoms with Crippen molar-refractivity contribution < 1.29 is 0 Å². The standard InChI is InChI=1S/C12H12Cl2N4/c13-9-4-3-7(6-10(9)14)11(18-16)8-2-1-5-17-12(8)15/h1-6,11,18H,16H2,(H2,15,17). The second-order valence-corrected chi connectivity index (χ2v) is 4.57. The Balaban J connectivity index is 2.45. The fourth-order valence-corrected chi connectivity index (χ4v) is 2.04. The van der Waals surface area contributed by atoms with Crippen LogP contribution in [0.25, 0.3) is 0 Å². The molecule has 0 radical (unpaired) electrons. The van der Waals surface area contributed by atoms with Gasteiger partial charge >= 0.3 is 0 Å². The summed E-state index contributed by atoms with van der Waals surface area (Å²) in [5, 5.41) is 0.965. The van der Waals surface area contributed by atoms with Gasteiger partial charge in [0.1, 0.15) is 5.82 Å². The molecule has 18 heavy (non-hydrogen) atoms. The molecule has 0 saturated heterocycles. The molecule has 4 nitrogen and oxygen atoms in total. The first kappa shape index (κ1) is 13.1. The molecular weight excluding hydrogens is 271 g/mol. The molecule has 0 amide bonds. The molecule has 0 fully saturated rings. The van der Waals surface area contributed by atoms with Gasteiger partial charge in [0.2, 0.25) is 0 Å². The number of hydrogen-bond acceptors (Lipinski definition) is 4. The fraction of sp³-hybridized carbons (Fsp3) is 0.0833. The van der Waals surface area contributed by atoms with Crippen molar-refractivity contribution >= 4 is 29.0 Å². The van der Waals surface area contributed by atoms with Crippen LogP contribution in [0, 0.1) is 0 Å². The van der Waals surface area contributed by atoms with Crippen LogP contribution in [-0.2, 0) is 0 Å². The zero-order chi connectivity index (χ0) is 13.1. The Kier molecular flexibility index (Phi) is 4.04. The van der Waals surface area contributed by atoms with Crippen molar-refractivity contribution in [2.24, 2.45) is 5.84 Å². The minimum Gasteiger partial charge on any atom is -0.383 e. The van der Waals surface area contributed by atoms with Crippen LogP contribution in [0.2, 0.25) is 10.0 Å². The van der Waals surface area contributed by atoms with E-state index in [0.29, 0.717) is 15.9 Å². The number of nitrogens with zero attached hydrogens (tertiary/aromatic N) is 1. The predicted molar refractivity (Wildman–Crippen MR) is 74.3 cm³/mol.